The lowest BCUT2D eigenvalue weighted by atomic mass is 10.1. The van der Waals surface area contributed by atoms with Gasteiger partial charge in [0, 0.05) is 36.3 Å². The maximum Gasteiger partial charge on any atom is 0.0430 e. The molecule has 20 heavy (non-hydrogen) atoms. The minimum absolute atomic E-state index is 0.956. The number of benzene rings is 2. The Kier molecular flexibility index (Phi) is 4.08. The van der Waals surface area contributed by atoms with E-state index in [0.29, 0.717) is 0 Å². The number of hydrogen-bond acceptors (Lipinski definition) is 2. The van der Waals surface area contributed by atoms with Gasteiger partial charge in [-0.25, -0.2) is 0 Å². The number of aryl methyl sites for hydroxylation is 1. The van der Waals surface area contributed by atoms with Gasteiger partial charge in [-0.3, -0.25) is 0 Å². The van der Waals surface area contributed by atoms with E-state index >= 15 is 0 Å². The van der Waals surface area contributed by atoms with Crippen molar-refractivity contribution in [2.24, 2.45) is 0 Å². The summed E-state index contributed by atoms with van der Waals surface area (Å²) in [7, 11) is 0. The van der Waals surface area contributed by atoms with E-state index < -0.39 is 0 Å². The lowest BCUT2D eigenvalue weighted by Gasteiger charge is -2.25. The Hall–Kier alpha value is -1.32. The Balaban J connectivity index is 1.88. The van der Waals surface area contributed by atoms with Gasteiger partial charge < -0.3 is 10.2 Å². The van der Waals surface area contributed by atoms with Gasteiger partial charge in [0.15, 0.2) is 0 Å². The first kappa shape index (κ1) is 13.7. The summed E-state index contributed by atoms with van der Waals surface area (Å²) < 4.78 is 1.19. The standard InChI is InChI=1S/C17H19BrN2/c1-13-6-7-14(10-16(13)18)12-20-9-8-19-11-15-4-2-3-5-17(15)20/h2-7,10,19H,8-9,11-12H2,1H3. The maximum absolute atomic E-state index is 3.63. The molecule has 1 N–H and O–H groups in total. The molecule has 3 rings (SSSR count). The minimum Gasteiger partial charge on any atom is -0.366 e. The number of nitrogens with one attached hydrogen (secondary N) is 1. The molecular formula is C17H19BrN2. The quantitative estimate of drug-likeness (QED) is 0.899. The van der Waals surface area contributed by atoms with Crippen molar-refractivity contribution in [3.8, 4) is 0 Å². The third-order valence-corrected chi connectivity index (χ3v) is 4.67. The van der Waals surface area contributed by atoms with E-state index in [1.54, 1.807) is 0 Å². The fourth-order valence-corrected chi connectivity index (χ4v) is 3.07. The summed E-state index contributed by atoms with van der Waals surface area (Å²) in [5.74, 6) is 0. The van der Waals surface area contributed by atoms with Crippen molar-refractivity contribution in [2.75, 3.05) is 18.0 Å². The number of anilines is 1. The molecule has 0 fully saturated rings. The van der Waals surface area contributed by atoms with Gasteiger partial charge in [0.05, 0.1) is 0 Å². The smallest absolute Gasteiger partial charge is 0.0430 e. The van der Waals surface area contributed by atoms with Crippen LogP contribution in [0.5, 0.6) is 0 Å². The van der Waals surface area contributed by atoms with Crippen LogP contribution in [0.25, 0.3) is 0 Å². The van der Waals surface area contributed by atoms with Gasteiger partial charge in [-0.15, -0.1) is 0 Å². The lowest BCUT2D eigenvalue weighted by Crippen LogP contribution is -2.28. The van der Waals surface area contributed by atoms with Gasteiger partial charge in [0.25, 0.3) is 0 Å². The molecule has 0 radical (unpaired) electrons. The molecule has 1 heterocycles. The predicted octanol–water partition coefficient (Wildman–Crippen LogP) is 3.87. The van der Waals surface area contributed by atoms with Gasteiger partial charge in [0.1, 0.15) is 0 Å². The molecule has 0 spiro atoms. The highest BCUT2D eigenvalue weighted by Gasteiger charge is 2.14. The molecule has 0 aliphatic carbocycles. The Morgan fingerprint density at radius 3 is 2.90 bits per heavy atom. The molecule has 3 heteroatoms. The van der Waals surface area contributed by atoms with Gasteiger partial charge >= 0.3 is 0 Å². The third kappa shape index (κ3) is 2.89. The van der Waals surface area contributed by atoms with Crippen molar-refractivity contribution in [1.29, 1.82) is 0 Å². The van der Waals surface area contributed by atoms with E-state index in [1.165, 1.54) is 26.9 Å². The molecule has 0 amide bonds. The van der Waals surface area contributed by atoms with Crippen molar-refractivity contribution < 1.29 is 0 Å². The fraction of sp³-hybridized carbons (Fsp3) is 0.294. The molecule has 2 aromatic rings. The summed E-state index contributed by atoms with van der Waals surface area (Å²) in [6.45, 7) is 6.12. The zero-order valence-corrected chi connectivity index (χ0v) is 13.3. The van der Waals surface area contributed by atoms with Crippen LogP contribution in [-0.2, 0) is 13.1 Å². The number of halogens is 1. The maximum atomic E-state index is 3.63. The Morgan fingerprint density at radius 2 is 2.05 bits per heavy atom. The van der Waals surface area contributed by atoms with E-state index in [1.807, 2.05) is 0 Å². The van der Waals surface area contributed by atoms with Crippen molar-refractivity contribution in [2.45, 2.75) is 20.0 Å². The highest BCUT2D eigenvalue weighted by atomic mass is 79.9. The van der Waals surface area contributed by atoms with Crippen LogP contribution in [0.4, 0.5) is 5.69 Å². The third-order valence-electron chi connectivity index (χ3n) is 3.82. The van der Waals surface area contributed by atoms with Crippen molar-refractivity contribution in [3.63, 3.8) is 0 Å². The topological polar surface area (TPSA) is 15.3 Å². The lowest BCUT2D eigenvalue weighted by molar-refractivity contribution is 0.688. The molecule has 0 saturated carbocycles. The van der Waals surface area contributed by atoms with E-state index in [9.17, 15) is 0 Å². The summed E-state index contributed by atoms with van der Waals surface area (Å²) in [5.41, 5.74) is 5.37. The second-order valence-electron chi connectivity index (χ2n) is 5.31. The van der Waals surface area contributed by atoms with Crippen LogP contribution in [0.2, 0.25) is 0 Å². The molecular weight excluding hydrogens is 312 g/mol. The van der Waals surface area contributed by atoms with Gasteiger partial charge in [-0.1, -0.05) is 46.3 Å². The van der Waals surface area contributed by atoms with Crippen LogP contribution in [0, 0.1) is 6.92 Å². The van der Waals surface area contributed by atoms with Gasteiger partial charge in [0.2, 0.25) is 0 Å². The van der Waals surface area contributed by atoms with E-state index in [2.05, 4.69) is 75.5 Å². The Morgan fingerprint density at radius 1 is 1.20 bits per heavy atom. The molecule has 0 atom stereocenters. The average molecular weight is 331 g/mol. The number of rotatable bonds is 2. The number of para-hydroxylation sites is 1. The van der Waals surface area contributed by atoms with Crippen molar-refractivity contribution in [1.82, 2.24) is 5.32 Å². The molecule has 2 aromatic carbocycles. The largest absolute Gasteiger partial charge is 0.366 e. The monoisotopic (exact) mass is 330 g/mol. The number of hydrogen-bond donors (Lipinski definition) is 1. The van der Waals surface area contributed by atoms with Crippen molar-refractivity contribution in [3.05, 3.63) is 63.6 Å². The summed E-state index contributed by atoms with van der Waals surface area (Å²) in [5, 5.41) is 3.49. The molecule has 104 valence electrons. The summed E-state index contributed by atoms with van der Waals surface area (Å²) in [6, 6.07) is 15.3. The van der Waals surface area contributed by atoms with Crippen LogP contribution in [0.15, 0.2) is 46.9 Å². The number of fused-ring (bicyclic) bond motifs is 1. The fourth-order valence-electron chi connectivity index (χ4n) is 2.65. The highest BCUT2D eigenvalue weighted by molar-refractivity contribution is 9.10. The van der Waals surface area contributed by atoms with E-state index in [0.717, 1.165) is 26.2 Å². The summed E-state index contributed by atoms with van der Waals surface area (Å²) >= 11 is 3.63. The molecule has 2 nitrogen and oxygen atoms in total. The van der Waals surface area contributed by atoms with Crippen LogP contribution in [0.3, 0.4) is 0 Å². The molecule has 0 saturated heterocycles. The molecule has 0 aromatic heterocycles. The first-order chi connectivity index (χ1) is 9.74. The zero-order chi connectivity index (χ0) is 13.9. The van der Waals surface area contributed by atoms with Crippen LogP contribution in [-0.4, -0.2) is 13.1 Å². The first-order valence-corrected chi connectivity index (χ1v) is 7.82. The molecule has 0 bridgehead atoms. The van der Waals surface area contributed by atoms with Crippen molar-refractivity contribution >= 4 is 21.6 Å². The van der Waals surface area contributed by atoms with Gasteiger partial charge in [-0.2, -0.15) is 0 Å². The average Bonchev–Trinajstić information content (AvgIpc) is 2.66. The highest BCUT2D eigenvalue weighted by Crippen LogP contribution is 2.25. The molecule has 1 aliphatic rings. The minimum atomic E-state index is 0.956. The Labute approximate surface area is 128 Å². The van der Waals surface area contributed by atoms with Crippen LogP contribution in [0.1, 0.15) is 16.7 Å². The molecule has 1 aliphatic heterocycles. The van der Waals surface area contributed by atoms with Crippen LogP contribution >= 0.6 is 15.9 Å². The first-order valence-electron chi connectivity index (χ1n) is 7.02. The summed E-state index contributed by atoms with van der Waals surface area (Å²) in [4.78, 5) is 2.46. The predicted molar refractivity (Wildman–Crippen MR) is 88.1 cm³/mol. The SMILES string of the molecule is Cc1ccc(CN2CCNCc3ccccc32)cc1Br. The zero-order valence-electron chi connectivity index (χ0n) is 11.7. The Bertz CT molecular complexity index is 610. The van der Waals surface area contributed by atoms with E-state index in [4.69, 9.17) is 0 Å². The normalized spacial score (nSPS) is 14.8. The summed E-state index contributed by atoms with van der Waals surface area (Å²) in [6.07, 6.45) is 0. The van der Waals surface area contributed by atoms with Gasteiger partial charge in [-0.05, 0) is 35.7 Å². The molecule has 0 unspecified atom stereocenters. The second-order valence-corrected chi connectivity index (χ2v) is 6.16. The van der Waals surface area contributed by atoms with E-state index in [-0.39, 0.29) is 0 Å². The number of nitrogens with zero attached hydrogens (tertiary/aromatic N) is 1. The second kappa shape index (κ2) is 5.98. The van der Waals surface area contributed by atoms with Crippen LogP contribution < -0.4 is 10.2 Å².